The molecule has 0 atom stereocenters. The highest BCUT2D eigenvalue weighted by atomic mass is 79.9. The van der Waals surface area contributed by atoms with Crippen LogP contribution in [0, 0.1) is 0 Å². The smallest absolute Gasteiger partial charge is 0.316 e. The normalized spacial score (nSPS) is 11.9. The van der Waals surface area contributed by atoms with Crippen molar-refractivity contribution in [3.63, 3.8) is 0 Å². The first-order valence-electron chi connectivity index (χ1n) is 4.84. The molecule has 0 aliphatic carbocycles. The lowest BCUT2D eigenvalue weighted by molar-refractivity contribution is -0.143. The minimum Gasteiger partial charge on any atom is -0.481 e. The van der Waals surface area contributed by atoms with Gasteiger partial charge in [-0.25, -0.2) is 0 Å². The number of hydrogen-bond donors (Lipinski definition) is 1. The zero-order valence-corrected chi connectivity index (χ0v) is 10.5. The number of benzene rings is 1. The first kappa shape index (κ1) is 11.2. The lowest BCUT2D eigenvalue weighted by Gasteiger charge is -2.15. The van der Waals surface area contributed by atoms with E-state index in [0.29, 0.717) is 11.3 Å². The van der Waals surface area contributed by atoms with Gasteiger partial charge in [0.25, 0.3) is 0 Å². The molecule has 0 saturated carbocycles. The summed E-state index contributed by atoms with van der Waals surface area (Å²) in [6, 6.07) is 7.40. The third kappa shape index (κ3) is 1.73. The standard InChI is InChI=1S/C12H11BrO3/c1-12(2,11(14)15)10-5-7-3-4-8(13)6-9(7)16-10/h3-6H,1-2H3,(H,14,15). The van der Waals surface area contributed by atoms with E-state index in [1.165, 1.54) is 0 Å². The molecule has 0 amide bonds. The number of rotatable bonds is 2. The Morgan fingerprint density at radius 2 is 2.06 bits per heavy atom. The number of carbonyl (C=O) groups is 1. The van der Waals surface area contributed by atoms with Gasteiger partial charge in [0.15, 0.2) is 0 Å². The molecule has 0 spiro atoms. The SMILES string of the molecule is CC(C)(C(=O)O)c1cc2ccc(Br)cc2o1. The van der Waals surface area contributed by atoms with E-state index in [-0.39, 0.29) is 0 Å². The van der Waals surface area contributed by atoms with Crippen LogP contribution in [-0.4, -0.2) is 11.1 Å². The Bertz CT molecular complexity index is 554. The van der Waals surface area contributed by atoms with E-state index < -0.39 is 11.4 Å². The average molecular weight is 283 g/mol. The maximum Gasteiger partial charge on any atom is 0.316 e. The van der Waals surface area contributed by atoms with Crippen LogP contribution in [-0.2, 0) is 10.2 Å². The lowest BCUT2D eigenvalue weighted by Crippen LogP contribution is -2.27. The van der Waals surface area contributed by atoms with Crippen LogP contribution in [0.4, 0.5) is 0 Å². The molecule has 1 aromatic carbocycles. The first-order valence-corrected chi connectivity index (χ1v) is 5.63. The lowest BCUT2D eigenvalue weighted by atomic mass is 9.90. The largest absolute Gasteiger partial charge is 0.481 e. The van der Waals surface area contributed by atoms with Crippen molar-refractivity contribution >= 4 is 32.9 Å². The summed E-state index contributed by atoms with van der Waals surface area (Å²) in [5.74, 6) is -0.432. The van der Waals surface area contributed by atoms with Gasteiger partial charge in [-0.3, -0.25) is 4.79 Å². The molecule has 0 fully saturated rings. The van der Waals surface area contributed by atoms with Gasteiger partial charge in [0, 0.05) is 9.86 Å². The van der Waals surface area contributed by atoms with Gasteiger partial charge >= 0.3 is 5.97 Å². The van der Waals surface area contributed by atoms with E-state index in [2.05, 4.69) is 15.9 Å². The van der Waals surface area contributed by atoms with Crippen LogP contribution >= 0.6 is 15.9 Å². The maximum atomic E-state index is 11.1. The van der Waals surface area contributed by atoms with Gasteiger partial charge in [0.05, 0.1) is 0 Å². The third-order valence-corrected chi connectivity index (χ3v) is 3.13. The van der Waals surface area contributed by atoms with Crippen LogP contribution in [0.5, 0.6) is 0 Å². The molecule has 0 saturated heterocycles. The Balaban J connectivity index is 2.59. The zero-order valence-electron chi connectivity index (χ0n) is 8.95. The second-order valence-electron chi connectivity index (χ2n) is 4.22. The molecule has 0 aliphatic heterocycles. The predicted molar refractivity (Wildman–Crippen MR) is 64.6 cm³/mol. The van der Waals surface area contributed by atoms with E-state index in [4.69, 9.17) is 9.52 Å². The number of hydrogen-bond acceptors (Lipinski definition) is 2. The minimum atomic E-state index is -1.01. The van der Waals surface area contributed by atoms with E-state index in [1.54, 1.807) is 19.9 Å². The van der Waals surface area contributed by atoms with Gasteiger partial charge in [0.1, 0.15) is 16.8 Å². The molecule has 16 heavy (non-hydrogen) atoms. The predicted octanol–water partition coefficient (Wildman–Crippen LogP) is 3.56. The molecule has 0 bridgehead atoms. The van der Waals surface area contributed by atoms with Crippen LogP contribution in [0.2, 0.25) is 0 Å². The number of furan rings is 1. The fourth-order valence-electron chi connectivity index (χ4n) is 1.42. The summed E-state index contributed by atoms with van der Waals surface area (Å²) < 4.78 is 6.48. The molecule has 4 heteroatoms. The van der Waals surface area contributed by atoms with E-state index in [0.717, 1.165) is 9.86 Å². The van der Waals surface area contributed by atoms with Crippen LogP contribution in [0.15, 0.2) is 33.2 Å². The fraction of sp³-hybridized carbons (Fsp3) is 0.250. The molecule has 0 aliphatic rings. The summed E-state index contributed by atoms with van der Waals surface area (Å²) in [4.78, 5) is 11.1. The van der Waals surface area contributed by atoms with Crippen molar-refractivity contribution in [2.75, 3.05) is 0 Å². The molecule has 1 aromatic heterocycles. The van der Waals surface area contributed by atoms with Crippen LogP contribution in [0.25, 0.3) is 11.0 Å². The quantitative estimate of drug-likeness (QED) is 0.916. The molecule has 0 radical (unpaired) electrons. The minimum absolute atomic E-state index is 0.466. The second-order valence-corrected chi connectivity index (χ2v) is 5.14. The Morgan fingerprint density at radius 3 is 2.69 bits per heavy atom. The molecule has 84 valence electrons. The van der Waals surface area contributed by atoms with Gasteiger partial charge < -0.3 is 9.52 Å². The van der Waals surface area contributed by atoms with Gasteiger partial charge in [-0.15, -0.1) is 0 Å². The highest BCUT2D eigenvalue weighted by molar-refractivity contribution is 9.10. The summed E-state index contributed by atoms with van der Waals surface area (Å²) in [6.45, 7) is 3.25. The second kappa shape index (κ2) is 3.63. The summed E-state index contributed by atoms with van der Waals surface area (Å²) in [6.07, 6.45) is 0. The highest BCUT2D eigenvalue weighted by Gasteiger charge is 2.33. The monoisotopic (exact) mass is 282 g/mol. The molecule has 1 heterocycles. The first-order chi connectivity index (χ1) is 7.41. The van der Waals surface area contributed by atoms with Gasteiger partial charge in [-0.1, -0.05) is 15.9 Å². The van der Waals surface area contributed by atoms with Crippen molar-refractivity contribution in [2.24, 2.45) is 0 Å². The number of aliphatic carboxylic acids is 1. The van der Waals surface area contributed by atoms with Crippen LogP contribution in [0.1, 0.15) is 19.6 Å². The summed E-state index contributed by atoms with van der Waals surface area (Å²) in [7, 11) is 0. The Hall–Kier alpha value is -1.29. The van der Waals surface area contributed by atoms with Crippen molar-refractivity contribution < 1.29 is 14.3 Å². The Kier molecular flexibility index (Phi) is 2.54. The highest BCUT2D eigenvalue weighted by Crippen LogP contribution is 2.31. The zero-order chi connectivity index (χ0) is 11.9. The Morgan fingerprint density at radius 1 is 1.38 bits per heavy atom. The molecular formula is C12H11BrO3. The molecule has 2 aromatic rings. The van der Waals surface area contributed by atoms with Crippen molar-refractivity contribution in [1.82, 2.24) is 0 Å². The van der Waals surface area contributed by atoms with E-state index in [1.807, 2.05) is 18.2 Å². The van der Waals surface area contributed by atoms with Gasteiger partial charge in [0.2, 0.25) is 0 Å². The van der Waals surface area contributed by atoms with E-state index in [9.17, 15) is 4.79 Å². The summed E-state index contributed by atoms with van der Waals surface area (Å²) >= 11 is 3.34. The fourth-order valence-corrected chi connectivity index (χ4v) is 1.76. The molecule has 1 N–H and O–H groups in total. The van der Waals surface area contributed by atoms with E-state index >= 15 is 0 Å². The maximum absolute atomic E-state index is 11.1. The molecule has 2 rings (SSSR count). The van der Waals surface area contributed by atoms with Gasteiger partial charge in [-0.2, -0.15) is 0 Å². The number of carboxylic acids is 1. The average Bonchev–Trinajstić information content (AvgIpc) is 2.60. The Labute approximate surface area is 101 Å². The van der Waals surface area contributed by atoms with Crippen molar-refractivity contribution in [3.8, 4) is 0 Å². The van der Waals surface area contributed by atoms with Crippen LogP contribution in [0.3, 0.4) is 0 Å². The van der Waals surface area contributed by atoms with Crippen molar-refractivity contribution in [3.05, 3.63) is 34.5 Å². The third-order valence-electron chi connectivity index (χ3n) is 2.63. The number of carboxylic acid groups (broad SMARTS) is 1. The molecule has 3 nitrogen and oxygen atoms in total. The molecule has 0 unspecified atom stereocenters. The number of fused-ring (bicyclic) bond motifs is 1. The summed E-state index contributed by atoms with van der Waals surface area (Å²) in [5.41, 5.74) is -0.315. The van der Waals surface area contributed by atoms with Crippen molar-refractivity contribution in [2.45, 2.75) is 19.3 Å². The van der Waals surface area contributed by atoms with Gasteiger partial charge in [-0.05, 0) is 38.1 Å². The topological polar surface area (TPSA) is 50.4 Å². The summed E-state index contributed by atoms with van der Waals surface area (Å²) in [5, 5.41) is 10.0. The van der Waals surface area contributed by atoms with Crippen molar-refractivity contribution in [1.29, 1.82) is 0 Å². The molecular weight excluding hydrogens is 272 g/mol. The number of halogens is 1. The van der Waals surface area contributed by atoms with Crippen LogP contribution < -0.4 is 0 Å².